The van der Waals surface area contributed by atoms with Gasteiger partial charge in [-0.25, -0.2) is 0 Å². The first-order valence-electron chi connectivity index (χ1n) is 14.5. The van der Waals surface area contributed by atoms with Gasteiger partial charge in [0.05, 0.1) is 0 Å². The second-order valence-corrected chi connectivity index (χ2v) is 11.0. The molecule has 208 valence electrons. The Balaban J connectivity index is 0.000000204. The highest BCUT2D eigenvalue weighted by Gasteiger charge is 2.45. The topological polar surface area (TPSA) is 77.8 Å². The van der Waals surface area contributed by atoms with Crippen molar-refractivity contribution < 1.29 is 19.6 Å². The average molecular weight is 522 g/mol. The maximum absolute atomic E-state index is 11.9. The summed E-state index contributed by atoms with van der Waals surface area (Å²) in [5.74, 6) is 1.13. The summed E-state index contributed by atoms with van der Waals surface area (Å²) in [6, 6.07) is 18.2. The molecule has 5 nitrogen and oxygen atoms in total. The number of likely N-dealkylation sites (tertiary alicyclic amines) is 1. The first-order chi connectivity index (χ1) is 18.1. The molecule has 2 fully saturated rings. The summed E-state index contributed by atoms with van der Waals surface area (Å²) >= 11 is 0. The second-order valence-electron chi connectivity index (χ2n) is 11.0. The van der Waals surface area contributed by atoms with Gasteiger partial charge in [-0.2, -0.15) is 0 Å². The molecular weight excluding hydrogens is 473 g/mol. The number of carbonyl (C=O) groups is 2. The highest BCUT2D eigenvalue weighted by molar-refractivity contribution is 6.58. The lowest BCUT2D eigenvalue weighted by molar-refractivity contribution is -0.143. The van der Waals surface area contributed by atoms with Crippen molar-refractivity contribution in [3.63, 3.8) is 0 Å². The minimum absolute atomic E-state index is 0.0550. The fourth-order valence-electron chi connectivity index (χ4n) is 4.92. The minimum atomic E-state index is -1.36. The molecule has 6 heteroatoms. The van der Waals surface area contributed by atoms with Crippen molar-refractivity contribution in [2.45, 2.75) is 104 Å². The van der Waals surface area contributed by atoms with Crippen molar-refractivity contribution >= 4 is 24.4 Å². The van der Waals surface area contributed by atoms with E-state index in [1.165, 1.54) is 24.0 Å². The van der Waals surface area contributed by atoms with E-state index < -0.39 is 7.12 Å². The van der Waals surface area contributed by atoms with Gasteiger partial charge in [-0.1, -0.05) is 115 Å². The lowest BCUT2D eigenvalue weighted by Crippen LogP contribution is -2.41. The van der Waals surface area contributed by atoms with Crippen LogP contribution in [0.4, 0.5) is 0 Å². The van der Waals surface area contributed by atoms with Crippen LogP contribution in [0.5, 0.6) is 0 Å². The molecular formula is C32H48BNO4. The van der Waals surface area contributed by atoms with E-state index in [1.54, 1.807) is 17.0 Å². The first kappa shape index (κ1) is 31.8. The summed E-state index contributed by atoms with van der Waals surface area (Å²) in [7, 11) is -1.36. The van der Waals surface area contributed by atoms with Crippen LogP contribution < -0.4 is 5.46 Å². The number of nitrogens with zero attached hydrogens (tertiary/aromatic N) is 1. The maximum Gasteiger partial charge on any atom is 0.488 e. The molecule has 0 radical (unpaired) electrons. The van der Waals surface area contributed by atoms with Gasteiger partial charge in [0.15, 0.2) is 0 Å². The molecule has 1 heterocycles. The zero-order valence-corrected chi connectivity index (χ0v) is 24.3. The van der Waals surface area contributed by atoms with Crippen LogP contribution in [0.15, 0.2) is 54.6 Å². The van der Waals surface area contributed by atoms with E-state index in [4.69, 9.17) is 10.0 Å². The smallest absolute Gasteiger partial charge is 0.423 e. The Morgan fingerprint density at radius 1 is 0.763 bits per heavy atom. The third kappa shape index (κ3) is 8.81. The van der Waals surface area contributed by atoms with E-state index in [-0.39, 0.29) is 29.7 Å². The van der Waals surface area contributed by atoms with Crippen molar-refractivity contribution in [2.75, 3.05) is 0 Å². The van der Waals surface area contributed by atoms with Gasteiger partial charge >= 0.3 is 7.12 Å². The molecule has 2 aromatic carbocycles. The summed E-state index contributed by atoms with van der Waals surface area (Å²) in [5.41, 5.74) is 3.24. The van der Waals surface area contributed by atoms with Gasteiger partial charge in [-0.05, 0) is 54.1 Å². The van der Waals surface area contributed by atoms with Crippen LogP contribution in [0.1, 0.15) is 109 Å². The van der Waals surface area contributed by atoms with E-state index in [2.05, 4.69) is 58.0 Å². The first-order valence-corrected chi connectivity index (χ1v) is 14.5. The second kappa shape index (κ2) is 15.9. The third-order valence-electron chi connectivity index (χ3n) is 8.34. The lowest BCUT2D eigenvalue weighted by Gasteiger charge is -2.29. The highest BCUT2D eigenvalue weighted by atomic mass is 16.4. The molecule has 2 N–H and O–H groups in total. The maximum atomic E-state index is 11.9. The monoisotopic (exact) mass is 521 g/mol. The highest BCUT2D eigenvalue weighted by Crippen LogP contribution is 2.32. The van der Waals surface area contributed by atoms with E-state index in [0.29, 0.717) is 17.3 Å². The molecule has 1 aliphatic carbocycles. The van der Waals surface area contributed by atoms with E-state index >= 15 is 0 Å². The lowest BCUT2D eigenvalue weighted by atomic mass is 9.79. The largest absolute Gasteiger partial charge is 0.488 e. The number of hydrogen-bond acceptors (Lipinski definition) is 4. The quantitative estimate of drug-likeness (QED) is 0.359. The predicted molar refractivity (Wildman–Crippen MR) is 157 cm³/mol. The Hall–Kier alpha value is -2.44. The molecule has 38 heavy (non-hydrogen) atoms. The van der Waals surface area contributed by atoms with Gasteiger partial charge in [0.1, 0.15) is 0 Å². The zero-order valence-electron chi connectivity index (χ0n) is 24.3. The molecule has 2 aliphatic rings. The Labute approximate surface area is 230 Å². The molecule has 4 rings (SSSR count). The minimum Gasteiger partial charge on any atom is -0.423 e. The Kier molecular flexibility index (Phi) is 13.3. The van der Waals surface area contributed by atoms with E-state index in [1.807, 2.05) is 26.0 Å². The van der Waals surface area contributed by atoms with Crippen molar-refractivity contribution in [2.24, 2.45) is 11.8 Å². The zero-order chi connectivity index (χ0) is 28.2. The van der Waals surface area contributed by atoms with Crippen molar-refractivity contribution in [1.82, 2.24) is 4.90 Å². The molecule has 0 aromatic heterocycles. The summed E-state index contributed by atoms with van der Waals surface area (Å²) in [5, 5.41) is 17.7. The van der Waals surface area contributed by atoms with Crippen LogP contribution in [0.3, 0.4) is 0 Å². The Bertz CT molecular complexity index is 953. The van der Waals surface area contributed by atoms with E-state index in [0.717, 1.165) is 32.1 Å². The van der Waals surface area contributed by atoms with Gasteiger partial charge in [0.2, 0.25) is 11.8 Å². The van der Waals surface area contributed by atoms with Gasteiger partial charge in [0.25, 0.3) is 0 Å². The fourth-order valence-corrected chi connectivity index (χ4v) is 4.92. The van der Waals surface area contributed by atoms with E-state index in [9.17, 15) is 9.59 Å². The fraction of sp³-hybridized carbons (Fsp3) is 0.562. The van der Waals surface area contributed by atoms with Gasteiger partial charge in [-0.3, -0.25) is 14.5 Å². The summed E-state index contributed by atoms with van der Waals surface area (Å²) in [4.78, 5) is 25.4. The molecule has 0 spiro atoms. The number of imide groups is 1. The van der Waals surface area contributed by atoms with Crippen LogP contribution in [-0.4, -0.2) is 39.9 Å². The van der Waals surface area contributed by atoms with Crippen LogP contribution in [0.2, 0.25) is 0 Å². The summed E-state index contributed by atoms with van der Waals surface area (Å²) in [6.07, 6.45) is 7.91. The third-order valence-corrected chi connectivity index (χ3v) is 8.34. The van der Waals surface area contributed by atoms with Crippen LogP contribution in [0, 0.1) is 11.8 Å². The van der Waals surface area contributed by atoms with Crippen molar-refractivity contribution in [1.29, 1.82) is 0 Å². The molecule has 1 aliphatic heterocycles. The average Bonchev–Trinajstić information content (AvgIpc) is 3.15. The SMILES string of the molecule is CC1C(=O)N(C2CCCCC2)C(=O)C1C.CCC(C)c1ccc(B(O)O)cc1.CCC(C)c1ccccc1. The Morgan fingerprint density at radius 2 is 1.21 bits per heavy atom. The van der Waals surface area contributed by atoms with Crippen molar-refractivity contribution in [3.8, 4) is 0 Å². The molecule has 4 unspecified atom stereocenters. The van der Waals surface area contributed by atoms with Crippen LogP contribution in [0.25, 0.3) is 0 Å². The number of benzene rings is 2. The Morgan fingerprint density at radius 3 is 1.63 bits per heavy atom. The van der Waals surface area contributed by atoms with Gasteiger partial charge in [0, 0.05) is 17.9 Å². The van der Waals surface area contributed by atoms with Gasteiger partial charge in [-0.15, -0.1) is 0 Å². The van der Waals surface area contributed by atoms with Crippen LogP contribution in [-0.2, 0) is 9.59 Å². The molecule has 1 saturated heterocycles. The summed E-state index contributed by atoms with van der Waals surface area (Å²) in [6.45, 7) is 12.5. The molecule has 2 aromatic rings. The molecule has 2 amide bonds. The normalized spacial score (nSPS) is 21.1. The number of rotatable bonds is 6. The number of hydrogen-bond donors (Lipinski definition) is 2. The predicted octanol–water partition coefficient (Wildman–Crippen LogP) is 6.04. The standard InChI is InChI=1S/C12H19NO2.C10H15BO2.C10H14/c1-8-9(2)12(15)13(11(8)14)10-6-4-3-5-7-10;1-3-8(2)9-4-6-10(7-5-9)11(12)13;1-3-9(2)10-7-5-4-6-8-10/h8-10H,3-7H2,1-2H3;4-8,12-13H,3H2,1-2H3;4-9H,3H2,1-2H3. The van der Waals surface area contributed by atoms with Gasteiger partial charge < -0.3 is 10.0 Å². The summed E-state index contributed by atoms with van der Waals surface area (Å²) < 4.78 is 0. The number of carbonyl (C=O) groups excluding carboxylic acids is 2. The number of amides is 2. The molecule has 4 atom stereocenters. The molecule has 0 bridgehead atoms. The van der Waals surface area contributed by atoms with Crippen molar-refractivity contribution in [3.05, 3.63) is 65.7 Å². The van der Waals surface area contributed by atoms with Crippen LogP contribution >= 0.6 is 0 Å². The molecule has 1 saturated carbocycles.